The van der Waals surface area contributed by atoms with Crippen molar-refractivity contribution in [1.29, 1.82) is 0 Å². The van der Waals surface area contributed by atoms with Crippen LogP contribution in [0.5, 0.6) is 0 Å². The molecule has 0 aromatic rings. The summed E-state index contributed by atoms with van der Waals surface area (Å²) in [6, 6.07) is 0. The molecule has 0 unspecified atom stereocenters. The van der Waals surface area contributed by atoms with Crippen molar-refractivity contribution < 1.29 is 9.90 Å². The number of carbonyl (C=O) groups excluding carboxylic acids is 1. The first-order valence-electron chi connectivity index (χ1n) is 6.39. The minimum Gasteiger partial charge on any atom is -0.393 e. The van der Waals surface area contributed by atoms with E-state index in [1.54, 1.807) is 0 Å². The summed E-state index contributed by atoms with van der Waals surface area (Å²) < 4.78 is 0. The second-order valence-electron chi connectivity index (χ2n) is 5.19. The lowest BCUT2D eigenvalue weighted by Gasteiger charge is -2.31. The Kier molecular flexibility index (Phi) is 4.18. The topological polar surface area (TPSA) is 61.4 Å². The van der Waals surface area contributed by atoms with E-state index in [1.807, 2.05) is 0 Å². The van der Waals surface area contributed by atoms with Gasteiger partial charge in [-0.1, -0.05) is 0 Å². The smallest absolute Gasteiger partial charge is 0.220 e. The maximum atomic E-state index is 11.6. The fraction of sp³-hybridized carbons (Fsp3) is 0.917. The third-order valence-corrected chi connectivity index (χ3v) is 3.73. The zero-order chi connectivity index (χ0) is 11.4. The predicted molar refractivity (Wildman–Crippen MR) is 62.0 cm³/mol. The van der Waals surface area contributed by atoms with Gasteiger partial charge < -0.3 is 15.7 Å². The summed E-state index contributed by atoms with van der Waals surface area (Å²) in [5.74, 6) is 1.26. The summed E-state index contributed by atoms with van der Waals surface area (Å²) in [7, 11) is 0. The number of hydrogen-bond acceptors (Lipinski definition) is 3. The van der Waals surface area contributed by atoms with E-state index in [9.17, 15) is 4.79 Å². The molecule has 0 spiro atoms. The third kappa shape index (κ3) is 3.46. The minimum atomic E-state index is -0.119. The van der Waals surface area contributed by atoms with E-state index in [4.69, 9.17) is 5.11 Å². The summed E-state index contributed by atoms with van der Waals surface area (Å²) in [5.41, 5.74) is 0. The highest BCUT2D eigenvalue weighted by Crippen LogP contribution is 2.26. The van der Waals surface area contributed by atoms with Gasteiger partial charge in [0.1, 0.15) is 0 Å². The molecule has 2 rings (SSSR count). The van der Waals surface area contributed by atoms with Crippen LogP contribution in [0.25, 0.3) is 0 Å². The summed E-state index contributed by atoms with van der Waals surface area (Å²) in [5, 5.41) is 15.4. The van der Waals surface area contributed by atoms with Crippen molar-refractivity contribution in [3.05, 3.63) is 0 Å². The summed E-state index contributed by atoms with van der Waals surface area (Å²) in [6.07, 6.45) is 4.51. The molecule has 0 aromatic carbocycles. The van der Waals surface area contributed by atoms with Crippen LogP contribution >= 0.6 is 0 Å². The average Bonchev–Trinajstić information content (AvgIpc) is 2.24. The number of rotatable bonds is 4. The van der Waals surface area contributed by atoms with Crippen molar-refractivity contribution >= 4 is 5.91 Å². The zero-order valence-corrected chi connectivity index (χ0v) is 9.74. The van der Waals surface area contributed by atoms with E-state index in [2.05, 4.69) is 10.6 Å². The third-order valence-electron chi connectivity index (χ3n) is 3.73. The predicted octanol–water partition coefficient (Wildman–Crippen LogP) is 0.263. The van der Waals surface area contributed by atoms with Gasteiger partial charge in [-0.2, -0.15) is 0 Å². The number of nitrogens with one attached hydrogen (secondary N) is 2. The molecular weight excluding hydrogens is 204 g/mol. The minimum absolute atomic E-state index is 0.119. The second-order valence-corrected chi connectivity index (χ2v) is 5.19. The van der Waals surface area contributed by atoms with Gasteiger partial charge >= 0.3 is 0 Å². The van der Waals surface area contributed by atoms with E-state index in [-0.39, 0.29) is 12.0 Å². The molecule has 3 N–H and O–H groups in total. The Bertz CT molecular complexity index is 233. The van der Waals surface area contributed by atoms with Gasteiger partial charge in [0, 0.05) is 13.0 Å². The summed E-state index contributed by atoms with van der Waals surface area (Å²) in [4.78, 5) is 11.6. The van der Waals surface area contributed by atoms with E-state index >= 15 is 0 Å². The molecule has 0 radical (unpaired) electrons. The van der Waals surface area contributed by atoms with Gasteiger partial charge in [0.05, 0.1) is 6.10 Å². The summed E-state index contributed by atoms with van der Waals surface area (Å²) >= 11 is 0. The molecule has 4 nitrogen and oxygen atoms in total. The van der Waals surface area contributed by atoms with Crippen LogP contribution < -0.4 is 10.6 Å². The molecule has 92 valence electrons. The van der Waals surface area contributed by atoms with Crippen molar-refractivity contribution in [1.82, 2.24) is 10.6 Å². The highest BCUT2D eigenvalue weighted by atomic mass is 16.3. The second kappa shape index (κ2) is 5.64. The Hall–Kier alpha value is -0.610. The van der Waals surface area contributed by atoms with Crippen molar-refractivity contribution in [2.75, 3.05) is 19.6 Å². The molecule has 0 bridgehead atoms. The van der Waals surface area contributed by atoms with Gasteiger partial charge in [-0.3, -0.25) is 4.79 Å². The first-order valence-corrected chi connectivity index (χ1v) is 6.39. The maximum Gasteiger partial charge on any atom is 0.220 e. The molecule has 0 atom stereocenters. The normalized spacial score (nSPS) is 30.8. The van der Waals surface area contributed by atoms with Crippen LogP contribution in [0.15, 0.2) is 0 Å². The van der Waals surface area contributed by atoms with Gasteiger partial charge in [-0.15, -0.1) is 0 Å². The van der Waals surface area contributed by atoms with Gasteiger partial charge in [-0.25, -0.2) is 0 Å². The maximum absolute atomic E-state index is 11.6. The van der Waals surface area contributed by atoms with E-state index in [0.717, 1.165) is 45.3 Å². The largest absolute Gasteiger partial charge is 0.393 e. The Morgan fingerprint density at radius 3 is 2.56 bits per heavy atom. The number of hydrogen-bond donors (Lipinski definition) is 3. The standard InChI is InChI=1S/C12H22N2O2/c15-11-5-10(6-11)8-14-12(16)7-9-1-3-13-4-2-9/h9-11,13,15H,1-8H2,(H,14,16). The van der Waals surface area contributed by atoms with Crippen molar-refractivity contribution in [3.63, 3.8) is 0 Å². The van der Waals surface area contributed by atoms with Crippen molar-refractivity contribution in [2.24, 2.45) is 11.8 Å². The Labute approximate surface area is 96.8 Å². The first-order chi connectivity index (χ1) is 7.74. The van der Waals surface area contributed by atoms with Crippen LogP contribution in [0.4, 0.5) is 0 Å². The lowest BCUT2D eigenvalue weighted by atomic mass is 9.82. The fourth-order valence-electron chi connectivity index (χ4n) is 2.55. The quantitative estimate of drug-likeness (QED) is 0.644. The zero-order valence-electron chi connectivity index (χ0n) is 9.74. The average molecular weight is 226 g/mol. The highest BCUT2D eigenvalue weighted by molar-refractivity contribution is 5.76. The van der Waals surface area contributed by atoms with Crippen LogP contribution in [0.3, 0.4) is 0 Å². The number of aliphatic hydroxyl groups is 1. The van der Waals surface area contributed by atoms with Gasteiger partial charge in [0.25, 0.3) is 0 Å². The molecule has 2 fully saturated rings. The van der Waals surface area contributed by atoms with Gasteiger partial charge in [0.2, 0.25) is 5.91 Å². The fourth-order valence-corrected chi connectivity index (χ4v) is 2.55. The molecule has 16 heavy (non-hydrogen) atoms. The molecule has 1 aliphatic heterocycles. The number of carbonyl (C=O) groups is 1. The first kappa shape index (κ1) is 11.9. The lowest BCUT2D eigenvalue weighted by Crippen LogP contribution is -2.39. The number of piperidine rings is 1. The van der Waals surface area contributed by atoms with Crippen molar-refractivity contribution in [2.45, 2.75) is 38.2 Å². The van der Waals surface area contributed by atoms with E-state index in [1.165, 1.54) is 0 Å². The Morgan fingerprint density at radius 1 is 1.25 bits per heavy atom. The highest BCUT2D eigenvalue weighted by Gasteiger charge is 2.27. The van der Waals surface area contributed by atoms with E-state index < -0.39 is 0 Å². The number of aliphatic hydroxyl groups excluding tert-OH is 1. The van der Waals surface area contributed by atoms with Crippen LogP contribution in [0.2, 0.25) is 0 Å². The molecule has 4 heteroatoms. The van der Waals surface area contributed by atoms with Crippen LogP contribution in [0.1, 0.15) is 32.1 Å². The Morgan fingerprint density at radius 2 is 1.94 bits per heavy atom. The van der Waals surface area contributed by atoms with Gasteiger partial charge in [-0.05, 0) is 50.6 Å². The molecule has 0 aromatic heterocycles. The molecule has 1 heterocycles. The van der Waals surface area contributed by atoms with Gasteiger partial charge in [0.15, 0.2) is 0 Å². The molecule has 2 aliphatic rings. The van der Waals surface area contributed by atoms with Crippen molar-refractivity contribution in [3.8, 4) is 0 Å². The van der Waals surface area contributed by atoms with Crippen LogP contribution in [-0.4, -0.2) is 36.8 Å². The Balaban J connectivity index is 1.57. The van der Waals surface area contributed by atoms with E-state index in [0.29, 0.717) is 18.3 Å². The molecule has 1 aliphatic carbocycles. The van der Waals surface area contributed by atoms with Crippen LogP contribution in [-0.2, 0) is 4.79 Å². The number of amides is 1. The SMILES string of the molecule is O=C(CC1CCNCC1)NCC1CC(O)C1. The van der Waals surface area contributed by atoms with Crippen LogP contribution in [0, 0.1) is 11.8 Å². The monoisotopic (exact) mass is 226 g/mol. The molecule has 1 amide bonds. The molecule has 1 saturated heterocycles. The molecule has 1 saturated carbocycles. The lowest BCUT2D eigenvalue weighted by molar-refractivity contribution is -0.122. The molecular formula is C12H22N2O2. The summed E-state index contributed by atoms with van der Waals surface area (Å²) in [6.45, 7) is 2.85.